The molecule has 0 spiro atoms. The van der Waals surface area contributed by atoms with Gasteiger partial charge in [-0.25, -0.2) is 15.1 Å². The molecule has 3 aliphatic rings. The summed E-state index contributed by atoms with van der Waals surface area (Å²) in [4.78, 5) is 18.7. The molecule has 4 aromatic rings. The molecule has 7 rings (SSSR count). The van der Waals surface area contributed by atoms with Crippen LogP contribution in [-0.2, 0) is 0 Å². The average molecular weight is 639 g/mol. The number of aromatic amines is 1. The van der Waals surface area contributed by atoms with Gasteiger partial charge in [-0.2, -0.15) is 5.10 Å². The third kappa shape index (κ3) is 6.01. The predicted molar refractivity (Wildman–Crippen MR) is 170 cm³/mol. The highest BCUT2D eigenvalue weighted by Crippen LogP contribution is 2.34. The van der Waals surface area contributed by atoms with E-state index < -0.39 is 0 Å². The van der Waals surface area contributed by atoms with E-state index >= 15 is 0 Å². The van der Waals surface area contributed by atoms with Crippen LogP contribution in [0.25, 0.3) is 16.9 Å². The summed E-state index contributed by atoms with van der Waals surface area (Å²) in [6, 6.07) is 9.71. The fourth-order valence-electron chi connectivity index (χ4n) is 7.17. The molecule has 0 amide bonds. The topological polar surface area (TPSA) is 134 Å². The van der Waals surface area contributed by atoms with Gasteiger partial charge in [0.2, 0.25) is 0 Å². The number of H-pyrrole nitrogens is 1. The Morgan fingerprint density at radius 2 is 1.95 bits per heavy atom. The lowest BCUT2D eigenvalue weighted by molar-refractivity contribution is 0.177. The Bertz CT molecular complexity index is 1640. The lowest BCUT2D eigenvalue weighted by Gasteiger charge is -2.40. The van der Waals surface area contributed by atoms with Crippen LogP contribution in [0.15, 0.2) is 53.8 Å². The van der Waals surface area contributed by atoms with Crippen molar-refractivity contribution in [3.05, 3.63) is 69.6 Å². The molecule has 6 heterocycles. The second kappa shape index (κ2) is 12.6. The van der Waals surface area contributed by atoms with Crippen LogP contribution in [0, 0.1) is 11.8 Å². The molecule has 3 aromatic heterocycles. The number of nitrogens with zero attached hydrogens (tertiary/aromatic N) is 7. The molecule has 4 unspecified atom stereocenters. The van der Waals surface area contributed by atoms with Crippen molar-refractivity contribution < 1.29 is 0 Å². The Morgan fingerprint density at radius 3 is 2.75 bits per heavy atom. The fraction of sp³-hybridized carbons (Fsp3) is 0.500. The number of fused-ring (bicyclic) bond motifs is 4. The van der Waals surface area contributed by atoms with Crippen molar-refractivity contribution in [1.82, 2.24) is 50.8 Å². The molecule has 1 aromatic carbocycles. The Kier molecular flexibility index (Phi) is 8.43. The summed E-state index contributed by atoms with van der Waals surface area (Å²) >= 11 is 12.4. The highest BCUT2D eigenvalue weighted by atomic mass is 35.5. The first-order valence-corrected chi connectivity index (χ1v) is 16.1. The van der Waals surface area contributed by atoms with Crippen LogP contribution in [0.1, 0.15) is 45.1 Å². The number of hydrazine groups is 1. The number of halogens is 2. The van der Waals surface area contributed by atoms with Gasteiger partial charge in [0.25, 0.3) is 5.56 Å². The van der Waals surface area contributed by atoms with Gasteiger partial charge < -0.3 is 10.6 Å². The van der Waals surface area contributed by atoms with E-state index in [-0.39, 0.29) is 28.8 Å². The Hall–Kier alpha value is -3.29. The molecule has 0 aliphatic carbocycles. The highest BCUT2D eigenvalue weighted by Gasteiger charge is 2.42. The van der Waals surface area contributed by atoms with Gasteiger partial charge in [0, 0.05) is 40.8 Å². The number of nitrogens with one attached hydrogen (secondary N) is 4. The molecule has 3 saturated heterocycles. The van der Waals surface area contributed by atoms with Gasteiger partial charge in [0.15, 0.2) is 5.15 Å². The number of anilines is 1. The maximum absolute atomic E-state index is 13.9. The first-order chi connectivity index (χ1) is 21.4. The van der Waals surface area contributed by atoms with Gasteiger partial charge >= 0.3 is 0 Å². The first kappa shape index (κ1) is 29.4. The minimum Gasteiger partial charge on any atom is -0.312 e. The summed E-state index contributed by atoms with van der Waals surface area (Å²) in [7, 11) is 0. The molecular formula is C30H37Cl2N11O. The van der Waals surface area contributed by atoms with Crippen molar-refractivity contribution >= 4 is 29.0 Å². The third-order valence-electron chi connectivity index (χ3n) is 9.41. The minimum absolute atomic E-state index is 0.0112. The van der Waals surface area contributed by atoms with Crippen LogP contribution in [-0.4, -0.2) is 72.5 Å². The van der Waals surface area contributed by atoms with Crippen molar-refractivity contribution in [2.45, 2.75) is 63.2 Å². The van der Waals surface area contributed by atoms with Crippen LogP contribution < -0.4 is 26.6 Å². The second-order valence-corrected chi connectivity index (χ2v) is 13.2. The van der Waals surface area contributed by atoms with E-state index in [9.17, 15) is 4.79 Å². The van der Waals surface area contributed by atoms with Crippen LogP contribution in [0.5, 0.6) is 0 Å². The summed E-state index contributed by atoms with van der Waals surface area (Å²) in [5, 5.41) is 25.9. The molecule has 0 radical (unpaired) electrons. The SMILES string of the molecule is C[C@@H]1CCC[C@H](n2cnc(-c3cc(Cl)ccc3-n3cc(Cl)nn3)cc2=O)C2CC(CCN2)C2NN(c3ccn[nH]3)CC2NC1. The van der Waals surface area contributed by atoms with Crippen molar-refractivity contribution in [2.24, 2.45) is 11.8 Å². The van der Waals surface area contributed by atoms with Crippen LogP contribution in [0.2, 0.25) is 10.2 Å². The van der Waals surface area contributed by atoms with E-state index in [0.29, 0.717) is 39.8 Å². The summed E-state index contributed by atoms with van der Waals surface area (Å²) < 4.78 is 3.40. The van der Waals surface area contributed by atoms with Crippen LogP contribution in [0.3, 0.4) is 0 Å². The number of aromatic nitrogens is 7. The van der Waals surface area contributed by atoms with Gasteiger partial charge in [0.05, 0.1) is 42.7 Å². The molecule has 232 valence electrons. The maximum Gasteiger partial charge on any atom is 0.254 e. The molecule has 14 heteroatoms. The minimum atomic E-state index is -0.0874. The molecule has 44 heavy (non-hydrogen) atoms. The summed E-state index contributed by atoms with van der Waals surface area (Å²) in [6.07, 6.45) is 10.2. The van der Waals surface area contributed by atoms with Crippen LogP contribution in [0.4, 0.5) is 5.82 Å². The molecule has 3 aliphatic heterocycles. The van der Waals surface area contributed by atoms with Gasteiger partial charge in [-0.05, 0) is 68.8 Å². The number of hydrogen-bond donors (Lipinski definition) is 4. The number of benzene rings is 1. The smallest absolute Gasteiger partial charge is 0.254 e. The summed E-state index contributed by atoms with van der Waals surface area (Å²) in [6.45, 7) is 5.05. The zero-order valence-electron chi connectivity index (χ0n) is 24.5. The largest absolute Gasteiger partial charge is 0.312 e. The van der Waals surface area contributed by atoms with Crippen LogP contribution >= 0.6 is 23.2 Å². The quantitative estimate of drug-likeness (QED) is 0.265. The van der Waals surface area contributed by atoms with Crippen molar-refractivity contribution in [3.63, 3.8) is 0 Å². The summed E-state index contributed by atoms with van der Waals surface area (Å²) in [5.74, 6) is 1.94. The average Bonchev–Trinajstić information content (AvgIpc) is 3.80. The number of rotatable bonds is 4. The second-order valence-electron chi connectivity index (χ2n) is 12.3. The predicted octanol–water partition coefficient (Wildman–Crippen LogP) is 3.60. The van der Waals surface area contributed by atoms with E-state index in [1.165, 1.54) is 0 Å². The molecule has 4 N–H and O–H groups in total. The Morgan fingerprint density at radius 1 is 1.05 bits per heavy atom. The molecule has 6 atom stereocenters. The standard InChI is InChI=1S/C30H37Cl2N11O/c1-18-3-2-4-26(23-11-19(7-9-33-23)30-24(34-14-18)15-43(39-30)28-8-10-36-38-28)41-17-35-22(13-29(41)44)21-12-20(31)5-6-25(21)42-16-27(32)37-40-42/h5-6,8,10,12-13,16-19,23-24,26,30,33-34,39H,2-4,7,9,11,14-15H2,1H3,(H,36,38)/t18-,19?,23?,24?,26+,30?/m1/s1. The number of hydrogen-bond acceptors (Lipinski definition) is 9. The Labute approximate surface area is 265 Å². The van der Waals surface area contributed by atoms with E-state index in [4.69, 9.17) is 28.2 Å². The summed E-state index contributed by atoms with van der Waals surface area (Å²) in [5.41, 5.74) is 5.60. The first-order valence-electron chi connectivity index (χ1n) is 15.4. The Balaban J connectivity index is 1.19. The maximum atomic E-state index is 13.9. The molecule has 12 nitrogen and oxygen atoms in total. The zero-order chi connectivity index (χ0) is 30.2. The van der Waals surface area contributed by atoms with E-state index in [2.05, 4.69) is 48.5 Å². The molecule has 3 fully saturated rings. The zero-order valence-corrected chi connectivity index (χ0v) is 26.0. The monoisotopic (exact) mass is 637 g/mol. The molecular weight excluding hydrogens is 601 g/mol. The highest BCUT2D eigenvalue weighted by molar-refractivity contribution is 6.31. The fourth-order valence-corrected chi connectivity index (χ4v) is 7.47. The van der Waals surface area contributed by atoms with Crippen molar-refractivity contribution in [2.75, 3.05) is 24.6 Å². The third-order valence-corrected chi connectivity index (χ3v) is 9.82. The van der Waals surface area contributed by atoms with E-state index in [0.717, 1.165) is 57.6 Å². The van der Waals surface area contributed by atoms with Gasteiger partial charge in [0.1, 0.15) is 5.82 Å². The van der Waals surface area contributed by atoms with Gasteiger partial charge in [-0.15, -0.1) is 5.10 Å². The van der Waals surface area contributed by atoms with Gasteiger partial charge in [-0.3, -0.25) is 19.5 Å². The lowest BCUT2D eigenvalue weighted by Crippen LogP contribution is -2.54. The molecule has 2 bridgehead atoms. The van der Waals surface area contributed by atoms with Crippen molar-refractivity contribution in [3.8, 4) is 16.9 Å². The van der Waals surface area contributed by atoms with E-state index in [1.807, 2.05) is 16.7 Å². The molecule has 0 saturated carbocycles. The number of piperidine rings is 1. The van der Waals surface area contributed by atoms with Crippen molar-refractivity contribution in [1.29, 1.82) is 0 Å². The van der Waals surface area contributed by atoms with E-state index in [1.54, 1.807) is 41.6 Å². The van der Waals surface area contributed by atoms with Gasteiger partial charge in [-0.1, -0.05) is 41.8 Å². The lowest BCUT2D eigenvalue weighted by atomic mass is 9.80. The normalized spacial score (nSPS) is 27.8.